The number of nitrogens with zero attached hydrogens (tertiary/aromatic N) is 2. The van der Waals surface area contributed by atoms with Crippen molar-refractivity contribution >= 4 is 17.5 Å². The monoisotopic (exact) mass is 393 g/mol. The Labute approximate surface area is 166 Å². The van der Waals surface area contributed by atoms with Crippen molar-refractivity contribution in [2.45, 2.75) is 13.0 Å². The maximum Gasteiger partial charge on any atom is 0.257 e. The van der Waals surface area contributed by atoms with Gasteiger partial charge >= 0.3 is 0 Å². The van der Waals surface area contributed by atoms with Gasteiger partial charge in [-0.25, -0.2) is 8.78 Å². The Morgan fingerprint density at radius 1 is 0.931 bits per heavy atom. The zero-order valence-corrected chi connectivity index (χ0v) is 15.4. The molecule has 0 bridgehead atoms. The summed E-state index contributed by atoms with van der Waals surface area (Å²) < 4.78 is 26.4. The normalized spacial score (nSPS) is 13.0. The summed E-state index contributed by atoms with van der Waals surface area (Å²) in [5.74, 6) is -2.84. The van der Waals surface area contributed by atoms with Gasteiger partial charge in [-0.05, 0) is 35.7 Å². The molecule has 0 atom stereocenters. The van der Waals surface area contributed by atoms with E-state index in [2.05, 4.69) is 16.4 Å². The summed E-state index contributed by atoms with van der Waals surface area (Å²) >= 11 is 0. The molecule has 7 heteroatoms. The fourth-order valence-corrected chi connectivity index (χ4v) is 3.31. The SMILES string of the molecule is O=C(Nc1ccc(F)c(F)c1)c1cncc(C(=O)N2CCc3ccccc3C2)c1. The number of carbonyl (C=O) groups excluding carboxylic acids is 2. The number of amides is 2. The molecule has 1 aliphatic heterocycles. The lowest BCUT2D eigenvalue weighted by atomic mass is 9.99. The molecular formula is C22H17F2N3O2. The molecule has 29 heavy (non-hydrogen) atoms. The van der Waals surface area contributed by atoms with E-state index in [-0.39, 0.29) is 17.2 Å². The number of carbonyl (C=O) groups is 2. The highest BCUT2D eigenvalue weighted by atomic mass is 19.2. The van der Waals surface area contributed by atoms with Crippen molar-refractivity contribution in [3.05, 3.63) is 94.8 Å². The number of hydrogen-bond acceptors (Lipinski definition) is 3. The van der Waals surface area contributed by atoms with Crippen LogP contribution in [0.3, 0.4) is 0 Å². The predicted octanol–water partition coefficient (Wildman–Crippen LogP) is 3.81. The van der Waals surface area contributed by atoms with Crippen molar-refractivity contribution in [1.29, 1.82) is 0 Å². The van der Waals surface area contributed by atoms with E-state index >= 15 is 0 Å². The average Bonchev–Trinajstić information content (AvgIpc) is 2.75. The van der Waals surface area contributed by atoms with Crippen molar-refractivity contribution in [1.82, 2.24) is 9.88 Å². The molecule has 2 aromatic carbocycles. The predicted molar refractivity (Wildman–Crippen MR) is 103 cm³/mol. The van der Waals surface area contributed by atoms with E-state index in [0.717, 1.165) is 24.1 Å². The molecule has 1 aromatic heterocycles. The van der Waals surface area contributed by atoms with Gasteiger partial charge in [0.1, 0.15) is 0 Å². The number of anilines is 1. The zero-order chi connectivity index (χ0) is 20.4. The summed E-state index contributed by atoms with van der Waals surface area (Å²) in [5, 5.41) is 2.47. The minimum atomic E-state index is -1.06. The molecule has 1 N–H and O–H groups in total. The van der Waals surface area contributed by atoms with Crippen molar-refractivity contribution in [3.63, 3.8) is 0 Å². The van der Waals surface area contributed by atoms with Gasteiger partial charge in [-0.2, -0.15) is 0 Å². The van der Waals surface area contributed by atoms with Crippen LogP contribution < -0.4 is 5.32 Å². The van der Waals surface area contributed by atoms with Crippen LogP contribution in [0.4, 0.5) is 14.5 Å². The molecule has 0 fully saturated rings. The second-order valence-corrected chi connectivity index (χ2v) is 6.79. The summed E-state index contributed by atoms with van der Waals surface area (Å²) in [6, 6.07) is 12.5. The largest absolute Gasteiger partial charge is 0.334 e. The van der Waals surface area contributed by atoms with Crippen LogP contribution in [0.2, 0.25) is 0 Å². The summed E-state index contributed by atoms with van der Waals surface area (Å²) in [6.07, 6.45) is 3.50. The lowest BCUT2D eigenvalue weighted by Gasteiger charge is -2.28. The van der Waals surface area contributed by atoms with E-state index in [0.29, 0.717) is 18.7 Å². The number of pyridine rings is 1. The summed E-state index contributed by atoms with van der Waals surface area (Å²) in [7, 11) is 0. The van der Waals surface area contributed by atoms with Crippen molar-refractivity contribution in [3.8, 4) is 0 Å². The van der Waals surface area contributed by atoms with Gasteiger partial charge in [-0.15, -0.1) is 0 Å². The minimum Gasteiger partial charge on any atom is -0.334 e. The standard InChI is InChI=1S/C22H17F2N3O2/c23-19-6-5-18(10-20(19)24)26-21(28)16-9-17(12-25-11-16)22(29)27-8-7-14-3-1-2-4-15(14)13-27/h1-6,9-12H,7-8,13H2,(H,26,28). The third-order valence-electron chi connectivity index (χ3n) is 4.84. The van der Waals surface area contributed by atoms with E-state index in [1.807, 2.05) is 18.2 Å². The first-order chi connectivity index (χ1) is 14.0. The number of nitrogens with one attached hydrogen (secondary N) is 1. The van der Waals surface area contributed by atoms with Crippen LogP contribution in [-0.4, -0.2) is 28.2 Å². The molecule has 3 aromatic rings. The van der Waals surface area contributed by atoms with Gasteiger partial charge in [-0.1, -0.05) is 24.3 Å². The molecule has 0 radical (unpaired) electrons. The minimum absolute atomic E-state index is 0.110. The molecule has 0 unspecified atom stereocenters. The van der Waals surface area contributed by atoms with Gasteiger partial charge in [0, 0.05) is 37.2 Å². The van der Waals surface area contributed by atoms with E-state index in [4.69, 9.17) is 0 Å². The van der Waals surface area contributed by atoms with Crippen LogP contribution in [-0.2, 0) is 13.0 Å². The molecule has 4 rings (SSSR count). The number of aromatic nitrogens is 1. The van der Waals surface area contributed by atoms with Gasteiger partial charge in [0.25, 0.3) is 11.8 Å². The van der Waals surface area contributed by atoms with Crippen LogP contribution in [0.25, 0.3) is 0 Å². The smallest absolute Gasteiger partial charge is 0.257 e. The van der Waals surface area contributed by atoms with E-state index in [1.165, 1.54) is 30.1 Å². The van der Waals surface area contributed by atoms with E-state index in [1.54, 1.807) is 4.90 Å². The number of hydrogen-bond donors (Lipinski definition) is 1. The van der Waals surface area contributed by atoms with Gasteiger partial charge < -0.3 is 10.2 Å². The van der Waals surface area contributed by atoms with Crippen molar-refractivity contribution in [2.24, 2.45) is 0 Å². The maximum atomic E-state index is 13.3. The number of rotatable bonds is 3. The molecule has 0 saturated heterocycles. The number of halogens is 2. The molecule has 2 amide bonds. The third kappa shape index (κ3) is 3.99. The van der Waals surface area contributed by atoms with E-state index < -0.39 is 17.5 Å². The Hall–Kier alpha value is -3.61. The molecule has 1 aliphatic rings. The Kier molecular flexibility index (Phi) is 5.03. The quantitative estimate of drug-likeness (QED) is 0.736. The highest BCUT2D eigenvalue weighted by Crippen LogP contribution is 2.21. The lowest BCUT2D eigenvalue weighted by molar-refractivity contribution is 0.0734. The maximum absolute atomic E-state index is 13.3. The Balaban J connectivity index is 1.50. The second kappa shape index (κ2) is 7.79. The molecule has 5 nitrogen and oxygen atoms in total. The molecule has 2 heterocycles. The first-order valence-electron chi connectivity index (χ1n) is 9.09. The van der Waals surface area contributed by atoms with Crippen LogP contribution in [0, 0.1) is 11.6 Å². The van der Waals surface area contributed by atoms with Gasteiger partial charge in [0.15, 0.2) is 11.6 Å². The summed E-state index contributed by atoms with van der Waals surface area (Å²) in [5.41, 5.74) is 2.89. The van der Waals surface area contributed by atoms with E-state index in [9.17, 15) is 18.4 Å². The molecule has 0 saturated carbocycles. The Morgan fingerprint density at radius 3 is 2.48 bits per heavy atom. The first-order valence-corrected chi connectivity index (χ1v) is 9.09. The average molecular weight is 393 g/mol. The Morgan fingerprint density at radius 2 is 1.69 bits per heavy atom. The Bertz CT molecular complexity index is 1100. The highest BCUT2D eigenvalue weighted by Gasteiger charge is 2.22. The van der Waals surface area contributed by atoms with Crippen LogP contribution in [0.1, 0.15) is 31.8 Å². The summed E-state index contributed by atoms with van der Waals surface area (Å²) in [6.45, 7) is 1.08. The van der Waals surface area contributed by atoms with Crippen LogP contribution in [0.15, 0.2) is 60.9 Å². The molecule has 146 valence electrons. The number of benzene rings is 2. The topological polar surface area (TPSA) is 62.3 Å². The second-order valence-electron chi connectivity index (χ2n) is 6.79. The molecule has 0 aliphatic carbocycles. The first kappa shape index (κ1) is 18.7. The molecular weight excluding hydrogens is 376 g/mol. The van der Waals surface area contributed by atoms with Crippen LogP contribution >= 0.6 is 0 Å². The third-order valence-corrected chi connectivity index (χ3v) is 4.84. The summed E-state index contributed by atoms with van der Waals surface area (Å²) in [4.78, 5) is 31.0. The van der Waals surface area contributed by atoms with Crippen LogP contribution in [0.5, 0.6) is 0 Å². The lowest BCUT2D eigenvalue weighted by Crippen LogP contribution is -2.36. The van der Waals surface area contributed by atoms with Gasteiger partial charge in [0.05, 0.1) is 11.1 Å². The molecule has 0 spiro atoms. The fourth-order valence-electron chi connectivity index (χ4n) is 3.31. The van der Waals surface area contributed by atoms with Crippen molar-refractivity contribution < 1.29 is 18.4 Å². The van der Waals surface area contributed by atoms with Crippen molar-refractivity contribution in [2.75, 3.05) is 11.9 Å². The van der Waals surface area contributed by atoms with Gasteiger partial charge in [0.2, 0.25) is 0 Å². The highest BCUT2D eigenvalue weighted by molar-refractivity contribution is 6.05. The zero-order valence-electron chi connectivity index (χ0n) is 15.4. The van der Waals surface area contributed by atoms with Gasteiger partial charge in [-0.3, -0.25) is 14.6 Å². The number of fused-ring (bicyclic) bond motifs is 1. The fraction of sp³-hybridized carbons (Fsp3) is 0.136.